The number of nitrogens with one attached hydrogen (secondary N) is 2. The van der Waals surface area contributed by atoms with Crippen molar-refractivity contribution in [2.75, 3.05) is 6.61 Å². The fourth-order valence-electron chi connectivity index (χ4n) is 2.34. The Morgan fingerprint density at radius 2 is 2.00 bits per heavy atom. The van der Waals surface area contributed by atoms with E-state index in [1.807, 2.05) is 0 Å². The minimum absolute atomic E-state index is 0.0359. The predicted molar refractivity (Wildman–Crippen MR) is 68.9 cm³/mol. The molecule has 0 fully saturated rings. The molecule has 1 atom stereocenters. The van der Waals surface area contributed by atoms with Crippen LogP contribution >= 0.6 is 0 Å². The monoisotopic (exact) mass is 272 g/mol. The number of aldehydes is 1. The van der Waals surface area contributed by atoms with E-state index in [4.69, 9.17) is 4.74 Å². The number of fused-ring (bicyclic) bond motifs is 2. The zero-order chi connectivity index (χ0) is 14.3. The van der Waals surface area contributed by atoms with E-state index in [0.717, 1.165) is 0 Å². The maximum absolute atomic E-state index is 12.3. The van der Waals surface area contributed by atoms with Gasteiger partial charge in [-0.1, -0.05) is 0 Å². The number of hydrogen-bond acceptors (Lipinski definition) is 4. The average Bonchev–Trinajstić information content (AvgIpc) is 3.08. The highest BCUT2D eigenvalue weighted by molar-refractivity contribution is 6.27. The summed E-state index contributed by atoms with van der Waals surface area (Å²) < 4.78 is 5.25. The highest BCUT2D eigenvalue weighted by atomic mass is 16.5. The molecule has 1 aliphatic rings. The third-order valence-corrected chi connectivity index (χ3v) is 3.38. The van der Waals surface area contributed by atoms with Gasteiger partial charge in [-0.05, 0) is 19.1 Å². The molecule has 0 saturated heterocycles. The van der Waals surface area contributed by atoms with Gasteiger partial charge in [0.25, 0.3) is 0 Å². The number of aromatic amines is 2. The van der Waals surface area contributed by atoms with Crippen molar-refractivity contribution in [3.63, 3.8) is 0 Å². The van der Waals surface area contributed by atoms with Gasteiger partial charge >= 0.3 is 0 Å². The summed E-state index contributed by atoms with van der Waals surface area (Å²) >= 11 is 0. The second-order valence-electron chi connectivity index (χ2n) is 4.58. The third-order valence-electron chi connectivity index (χ3n) is 3.38. The molecule has 0 saturated carbocycles. The topological polar surface area (TPSA) is 92.0 Å². The Balaban J connectivity index is 2.00. The van der Waals surface area contributed by atoms with E-state index in [2.05, 4.69) is 9.97 Å². The molecule has 2 N–H and O–H groups in total. The van der Waals surface area contributed by atoms with Gasteiger partial charge in [0.15, 0.2) is 0 Å². The van der Waals surface area contributed by atoms with Crippen molar-refractivity contribution in [1.82, 2.24) is 9.97 Å². The molecule has 1 unspecified atom stereocenters. The Morgan fingerprint density at radius 1 is 1.25 bits per heavy atom. The molecular formula is C14H12N2O4. The summed E-state index contributed by atoms with van der Waals surface area (Å²) in [5, 5.41) is 0. The number of H-pyrrole nitrogens is 2. The van der Waals surface area contributed by atoms with Gasteiger partial charge in [-0.15, -0.1) is 0 Å². The van der Waals surface area contributed by atoms with E-state index in [0.29, 0.717) is 28.8 Å². The molecular weight excluding hydrogens is 260 g/mol. The first-order valence-electron chi connectivity index (χ1n) is 6.18. The SMILES string of the molecule is CC(OCC=O)c1cc2c([nH]1)C(=O)c1cc[nH]c1C2=O. The molecule has 6 nitrogen and oxygen atoms in total. The molecule has 0 bridgehead atoms. The van der Waals surface area contributed by atoms with Crippen LogP contribution in [0.5, 0.6) is 0 Å². The lowest BCUT2D eigenvalue weighted by Crippen LogP contribution is -2.19. The molecule has 0 amide bonds. The number of carbonyl (C=O) groups is 3. The summed E-state index contributed by atoms with van der Waals surface area (Å²) in [6.45, 7) is 1.71. The molecule has 0 radical (unpaired) electrons. The Bertz CT molecular complexity index is 663. The Kier molecular flexibility index (Phi) is 2.87. The van der Waals surface area contributed by atoms with Crippen LogP contribution in [0.1, 0.15) is 50.8 Å². The largest absolute Gasteiger partial charge is 0.365 e. The van der Waals surface area contributed by atoms with Crippen molar-refractivity contribution >= 4 is 17.9 Å². The lowest BCUT2D eigenvalue weighted by molar-refractivity contribution is -0.113. The van der Waals surface area contributed by atoms with Gasteiger partial charge in [-0.3, -0.25) is 9.59 Å². The van der Waals surface area contributed by atoms with Crippen LogP contribution in [0.4, 0.5) is 0 Å². The van der Waals surface area contributed by atoms with Gasteiger partial charge in [0.1, 0.15) is 12.9 Å². The van der Waals surface area contributed by atoms with Gasteiger partial charge < -0.3 is 19.5 Å². The number of ketones is 2. The van der Waals surface area contributed by atoms with Crippen LogP contribution in [0, 0.1) is 0 Å². The molecule has 0 spiro atoms. The lowest BCUT2D eigenvalue weighted by Gasteiger charge is -2.09. The maximum atomic E-state index is 12.3. The van der Waals surface area contributed by atoms with E-state index in [9.17, 15) is 14.4 Å². The van der Waals surface area contributed by atoms with Crippen molar-refractivity contribution < 1.29 is 19.1 Å². The van der Waals surface area contributed by atoms with Crippen molar-refractivity contribution in [2.45, 2.75) is 13.0 Å². The quantitative estimate of drug-likeness (QED) is 0.702. The molecule has 2 aromatic heterocycles. The Labute approximate surface area is 114 Å². The van der Waals surface area contributed by atoms with Crippen LogP contribution in [0.25, 0.3) is 0 Å². The zero-order valence-electron chi connectivity index (χ0n) is 10.7. The van der Waals surface area contributed by atoms with E-state index in [1.165, 1.54) is 0 Å². The average molecular weight is 272 g/mol. The van der Waals surface area contributed by atoms with Crippen LogP contribution in [0.3, 0.4) is 0 Å². The smallest absolute Gasteiger partial charge is 0.212 e. The van der Waals surface area contributed by atoms with Crippen LogP contribution in [-0.4, -0.2) is 34.4 Å². The first-order valence-corrected chi connectivity index (χ1v) is 6.18. The molecule has 3 rings (SSSR count). The Hall–Kier alpha value is -2.47. The number of hydrogen-bond donors (Lipinski definition) is 2. The molecule has 2 heterocycles. The third kappa shape index (κ3) is 1.73. The van der Waals surface area contributed by atoms with Gasteiger partial charge in [-0.25, -0.2) is 0 Å². The molecule has 2 aromatic rings. The summed E-state index contributed by atoms with van der Waals surface area (Å²) in [5.41, 5.74) is 1.90. The molecule has 6 heteroatoms. The number of rotatable bonds is 4. The summed E-state index contributed by atoms with van der Waals surface area (Å²) in [4.78, 5) is 40.6. The summed E-state index contributed by atoms with van der Waals surface area (Å²) in [7, 11) is 0. The van der Waals surface area contributed by atoms with E-state index < -0.39 is 6.10 Å². The van der Waals surface area contributed by atoms with Crippen molar-refractivity contribution in [2.24, 2.45) is 0 Å². The highest BCUT2D eigenvalue weighted by Crippen LogP contribution is 2.29. The summed E-state index contributed by atoms with van der Waals surface area (Å²) in [6.07, 6.45) is 1.83. The first kappa shape index (κ1) is 12.6. The van der Waals surface area contributed by atoms with Gasteiger partial charge in [0, 0.05) is 11.9 Å². The van der Waals surface area contributed by atoms with Crippen LogP contribution in [-0.2, 0) is 9.53 Å². The molecule has 0 aliphatic heterocycles. The second-order valence-corrected chi connectivity index (χ2v) is 4.58. The fraction of sp³-hybridized carbons (Fsp3) is 0.214. The second kappa shape index (κ2) is 4.57. The van der Waals surface area contributed by atoms with Crippen LogP contribution in [0.2, 0.25) is 0 Å². The minimum Gasteiger partial charge on any atom is -0.365 e. The minimum atomic E-state index is -0.398. The molecule has 20 heavy (non-hydrogen) atoms. The normalized spacial score (nSPS) is 14.8. The number of ether oxygens (including phenoxy) is 1. The fourth-order valence-corrected chi connectivity index (χ4v) is 2.34. The van der Waals surface area contributed by atoms with Crippen LogP contribution in [0.15, 0.2) is 18.3 Å². The maximum Gasteiger partial charge on any atom is 0.212 e. The number of carbonyl (C=O) groups excluding carboxylic acids is 3. The van der Waals surface area contributed by atoms with E-state index in [-0.39, 0.29) is 23.9 Å². The predicted octanol–water partition coefficient (Wildman–Crippen LogP) is 1.39. The standard InChI is InChI=1S/C14H12N2O4/c1-7(20-5-4-17)10-6-9-12(16-10)13(18)8-2-3-15-11(8)14(9)19/h2-4,6-7,15-16H,5H2,1H3. The first-order chi connectivity index (χ1) is 9.63. The van der Waals surface area contributed by atoms with E-state index in [1.54, 1.807) is 25.3 Å². The van der Waals surface area contributed by atoms with Crippen molar-refractivity contribution in [3.8, 4) is 0 Å². The van der Waals surface area contributed by atoms with Crippen molar-refractivity contribution in [3.05, 3.63) is 46.5 Å². The molecule has 0 aromatic carbocycles. The summed E-state index contributed by atoms with van der Waals surface area (Å²) in [5.74, 6) is -0.436. The molecule has 1 aliphatic carbocycles. The van der Waals surface area contributed by atoms with Gasteiger partial charge in [0.05, 0.1) is 28.6 Å². The lowest BCUT2D eigenvalue weighted by atomic mass is 9.94. The van der Waals surface area contributed by atoms with Crippen LogP contribution < -0.4 is 0 Å². The van der Waals surface area contributed by atoms with Gasteiger partial charge in [0.2, 0.25) is 11.6 Å². The summed E-state index contributed by atoms with van der Waals surface area (Å²) in [6, 6.07) is 3.19. The van der Waals surface area contributed by atoms with E-state index >= 15 is 0 Å². The van der Waals surface area contributed by atoms with Gasteiger partial charge in [-0.2, -0.15) is 0 Å². The Morgan fingerprint density at radius 3 is 2.75 bits per heavy atom. The zero-order valence-corrected chi connectivity index (χ0v) is 10.7. The van der Waals surface area contributed by atoms with Crippen molar-refractivity contribution in [1.29, 1.82) is 0 Å². The molecule has 102 valence electrons. The highest BCUT2D eigenvalue weighted by Gasteiger charge is 2.33. The number of aromatic nitrogens is 2.